The van der Waals surface area contributed by atoms with Gasteiger partial charge in [0.15, 0.2) is 5.75 Å². The van der Waals surface area contributed by atoms with Gasteiger partial charge in [-0.3, -0.25) is 0 Å². The molecule has 4 aromatic carbocycles. The van der Waals surface area contributed by atoms with Crippen LogP contribution in [0.5, 0.6) is 5.75 Å². The molecule has 5 heteroatoms. The summed E-state index contributed by atoms with van der Waals surface area (Å²) in [5.74, 6) is 2.53. The van der Waals surface area contributed by atoms with Crippen molar-refractivity contribution in [3.8, 4) is 28.0 Å². The van der Waals surface area contributed by atoms with Crippen LogP contribution in [0.25, 0.3) is 39.4 Å². The predicted octanol–water partition coefficient (Wildman–Crippen LogP) is 5.24. The van der Waals surface area contributed by atoms with Gasteiger partial charge in [0, 0.05) is 18.7 Å². The quantitative estimate of drug-likeness (QED) is 0.258. The Morgan fingerprint density at radius 1 is 0.795 bits per heavy atom. The minimum atomic E-state index is 0. The SMILES string of the molecule is CCN1/C(=C/C(C)=C/c2oc3ccc(-c4ccccc4)cc3[n+]2CC)Oc2ccc(-c3ccccc3)cc21.[Br-]. The normalized spacial score (nSPS) is 13.9. The van der Waals surface area contributed by atoms with Gasteiger partial charge in [-0.2, -0.15) is 4.57 Å². The summed E-state index contributed by atoms with van der Waals surface area (Å²) >= 11 is 0. The highest BCUT2D eigenvalue weighted by molar-refractivity contribution is 5.79. The third kappa shape index (κ3) is 5.15. The van der Waals surface area contributed by atoms with E-state index in [1.165, 1.54) is 22.3 Å². The van der Waals surface area contributed by atoms with Crippen molar-refractivity contribution in [2.75, 3.05) is 11.4 Å². The van der Waals surface area contributed by atoms with Crippen molar-refractivity contribution < 1.29 is 30.7 Å². The first kappa shape index (κ1) is 26.5. The molecule has 0 unspecified atom stereocenters. The summed E-state index contributed by atoms with van der Waals surface area (Å²) in [6.45, 7) is 8.01. The fraction of sp³-hybridized carbons (Fsp3) is 0.147. The first-order valence-electron chi connectivity index (χ1n) is 13.2. The van der Waals surface area contributed by atoms with E-state index in [0.29, 0.717) is 0 Å². The average molecular weight is 580 g/mol. The van der Waals surface area contributed by atoms with Gasteiger partial charge in [0.1, 0.15) is 6.54 Å². The van der Waals surface area contributed by atoms with Crippen molar-refractivity contribution in [3.63, 3.8) is 0 Å². The molecule has 1 aliphatic heterocycles. The number of halogens is 1. The highest BCUT2D eigenvalue weighted by atomic mass is 79.9. The molecule has 6 rings (SSSR count). The zero-order valence-corrected chi connectivity index (χ0v) is 24.0. The van der Waals surface area contributed by atoms with E-state index in [4.69, 9.17) is 9.15 Å². The third-order valence-electron chi connectivity index (χ3n) is 7.01. The minimum Gasteiger partial charge on any atom is -1.00 e. The number of ether oxygens (including phenoxy) is 1. The second-order valence-electron chi connectivity index (χ2n) is 9.50. The van der Waals surface area contributed by atoms with Crippen molar-refractivity contribution >= 4 is 22.9 Å². The summed E-state index contributed by atoms with van der Waals surface area (Å²) in [5.41, 5.74) is 8.88. The molecular formula is C34H31BrN2O2. The molecule has 0 atom stereocenters. The summed E-state index contributed by atoms with van der Waals surface area (Å²) in [6.07, 6.45) is 4.18. The van der Waals surface area contributed by atoms with Crippen molar-refractivity contribution in [2.24, 2.45) is 0 Å². The largest absolute Gasteiger partial charge is 1.00 e. The molecule has 0 amide bonds. The fourth-order valence-electron chi connectivity index (χ4n) is 5.12. The Balaban J connectivity index is 0.00000308. The molecule has 0 bridgehead atoms. The van der Waals surface area contributed by atoms with E-state index in [0.717, 1.165) is 53.0 Å². The number of benzene rings is 4. The maximum Gasteiger partial charge on any atom is 0.374 e. The minimum absolute atomic E-state index is 0. The van der Waals surface area contributed by atoms with E-state index in [1.54, 1.807) is 0 Å². The van der Waals surface area contributed by atoms with Crippen LogP contribution in [0, 0.1) is 0 Å². The Bertz CT molecular complexity index is 1670. The van der Waals surface area contributed by atoms with Crippen LogP contribution >= 0.6 is 0 Å². The lowest BCUT2D eigenvalue weighted by Gasteiger charge is -2.16. The van der Waals surface area contributed by atoms with Crippen molar-refractivity contribution in [3.05, 3.63) is 120 Å². The molecule has 0 fully saturated rings. The Morgan fingerprint density at radius 3 is 2.08 bits per heavy atom. The average Bonchev–Trinajstić information content (AvgIpc) is 3.49. The number of rotatable bonds is 6. The first-order valence-corrected chi connectivity index (χ1v) is 13.2. The van der Waals surface area contributed by atoms with E-state index < -0.39 is 0 Å². The van der Waals surface area contributed by atoms with Crippen LogP contribution < -0.4 is 31.2 Å². The lowest BCUT2D eigenvalue weighted by molar-refractivity contribution is -0.674. The number of aryl methyl sites for hydroxylation is 1. The van der Waals surface area contributed by atoms with Crippen LogP contribution in [0.1, 0.15) is 26.7 Å². The lowest BCUT2D eigenvalue weighted by Crippen LogP contribution is -3.00. The number of fused-ring (bicyclic) bond motifs is 2. The van der Waals surface area contributed by atoms with Crippen molar-refractivity contribution in [1.29, 1.82) is 0 Å². The molecule has 5 aromatic rings. The number of oxazole rings is 1. The highest BCUT2D eigenvalue weighted by Gasteiger charge is 2.26. The fourth-order valence-corrected chi connectivity index (χ4v) is 5.12. The zero-order valence-electron chi connectivity index (χ0n) is 22.4. The van der Waals surface area contributed by atoms with Gasteiger partial charge in [-0.1, -0.05) is 72.8 Å². The number of aromatic nitrogens is 1. The number of allylic oxidation sites excluding steroid dienone is 2. The molecule has 4 nitrogen and oxygen atoms in total. The summed E-state index contributed by atoms with van der Waals surface area (Å²) in [6, 6.07) is 33.7. The van der Waals surface area contributed by atoms with Gasteiger partial charge in [0.25, 0.3) is 5.52 Å². The van der Waals surface area contributed by atoms with Gasteiger partial charge >= 0.3 is 5.89 Å². The Labute approximate surface area is 240 Å². The Morgan fingerprint density at radius 2 is 1.44 bits per heavy atom. The monoisotopic (exact) mass is 578 g/mol. The molecule has 0 aliphatic carbocycles. The summed E-state index contributed by atoms with van der Waals surface area (Å²) in [4.78, 5) is 2.22. The van der Waals surface area contributed by atoms with Crippen LogP contribution in [-0.4, -0.2) is 6.54 Å². The Kier molecular flexibility index (Phi) is 7.71. The molecule has 1 aliphatic rings. The van der Waals surface area contributed by atoms with E-state index in [9.17, 15) is 0 Å². The topological polar surface area (TPSA) is 29.5 Å². The highest BCUT2D eigenvalue weighted by Crippen LogP contribution is 2.41. The van der Waals surface area contributed by atoms with Crippen molar-refractivity contribution in [2.45, 2.75) is 27.3 Å². The maximum absolute atomic E-state index is 6.30. The van der Waals surface area contributed by atoms with Gasteiger partial charge < -0.3 is 31.0 Å². The zero-order chi connectivity index (χ0) is 26.1. The molecule has 0 saturated carbocycles. The van der Waals surface area contributed by atoms with Crippen LogP contribution in [-0.2, 0) is 6.54 Å². The maximum atomic E-state index is 6.30. The number of nitrogens with zero attached hydrogens (tertiary/aromatic N) is 2. The number of hydrogen-bond acceptors (Lipinski definition) is 3. The van der Waals surface area contributed by atoms with Crippen LogP contribution in [0.4, 0.5) is 5.69 Å². The van der Waals surface area contributed by atoms with Crippen LogP contribution in [0.15, 0.2) is 119 Å². The van der Waals surface area contributed by atoms with Gasteiger partial charge in [0.05, 0.1) is 11.8 Å². The first-order chi connectivity index (χ1) is 18.6. The Hall–Kier alpha value is -4.09. The smallest absolute Gasteiger partial charge is 0.374 e. The predicted molar refractivity (Wildman–Crippen MR) is 155 cm³/mol. The molecule has 0 saturated heterocycles. The van der Waals surface area contributed by atoms with Gasteiger partial charge in [-0.25, -0.2) is 0 Å². The standard InChI is InChI=1S/C34H31N2O2.BrH/c1-4-35-29-22-27(25-12-8-6-9-13-25)16-18-31(29)37-33(35)20-24(3)21-34-36(5-2)30-23-28(17-19-32(30)38-34)26-14-10-7-11-15-26;/h6-23H,4-5H2,1-3H3;1H/q+1;/p-1. The van der Waals surface area contributed by atoms with Gasteiger partial charge in [-0.05, 0) is 66.8 Å². The van der Waals surface area contributed by atoms with E-state index in [-0.39, 0.29) is 17.0 Å². The third-order valence-corrected chi connectivity index (χ3v) is 7.01. The molecule has 0 spiro atoms. The van der Waals surface area contributed by atoms with E-state index >= 15 is 0 Å². The molecular weight excluding hydrogens is 548 g/mol. The summed E-state index contributed by atoms with van der Waals surface area (Å²) in [7, 11) is 0. The summed E-state index contributed by atoms with van der Waals surface area (Å²) < 4.78 is 14.8. The molecule has 39 heavy (non-hydrogen) atoms. The molecule has 0 radical (unpaired) electrons. The molecule has 1 aromatic heterocycles. The summed E-state index contributed by atoms with van der Waals surface area (Å²) in [5, 5.41) is 0. The number of hydrogen-bond donors (Lipinski definition) is 0. The molecule has 196 valence electrons. The molecule has 2 heterocycles. The second kappa shape index (κ2) is 11.3. The van der Waals surface area contributed by atoms with Crippen LogP contribution in [0.3, 0.4) is 0 Å². The molecule has 0 N–H and O–H groups in total. The van der Waals surface area contributed by atoms with Gasteiger partial charge in [-0.15, -0.1) is 0 Å². The number of anilines is 1. The van der Waals surface area contributed by atoms with Crippen LogP contribution in [0.2, 0.25) is 0 Å². The van der Waals surface area contributed by atoms with E-state index in [2.05, 4.69) is 127 Å². The second-order valence-corrected chi connectivity index (χ2v) is 9.50. The van der Waals surface area contributed by atoms with E-state index in [1.807, 2.05) is 12.1 Å². The van der Waals surface area contributed by atoms with Crippen molar-refractivity contribution in [1.82, 2.24) is 0 Å². The lowest BCUT2D eigenvalue weighted by atomic mass is 10.0. The van der Waals surface area contributed by atoms with Gasteiger partial charge in [0.2, 0.25) is 11.5 Å².